The molecule has 0 radical (unpaired) electrons. The summed E-state index contributed by atoms with van der Waals surface area (Å²) < 4.78 is 15.9. The lowest BCUT2D eigenvalue weighted by molar-refractivity contribution is -0.126. The fourth-order valence-corrected chi connectivity index (χ4v) is 3.52. The van der Waals surface area contributed by atoms with E-state index < -0.39 is 0 Å². The Hall–Kier alpha value is -1.92. The number of aryl methyl sites for hydroxylation is 1. The van der Waals surface area contributed by atoms with Gasteiger partial charge in [-0.05, 0) is 44.5 Å². The van der Waals surface area contributed by atoms with Crippen molar-refractivity contribution in [2.45, 2.75) is 32.4 Å². The predicted molar refractivity (Wildman–Crippen MR) is 99.3 cm³/mol. The molecule has 1 fully saturated rings. The first-order valence-electron chi connectivity index (χ1n) is 9.02. The summed E-state index contributed by atoms with van der Waals surface area (Å²) in [6.07, 6.45) is 7.91. The summed E-state index contributed by atoms with van der Waals surface area (Å²) in [6.45, 7) is 3.56. The van der Waals surface area contributed by atoms with Crippen molar-refractivity contribution >= 4 is 17.5 Å². The van der Waals surface area contributed by atoms with Gasteiger partial charge in [0.25, 0.3) is 0 Å². The number of aromatic nitrogens is 2. The number of hydrogen-bond donors (Lipinski definition) is 1. The smallest absolute Gasteiger partial charge is 0.223 e. The van der Waals surface area contributed by atoms with Crippen LogP contribution in [0.3, 0.4) is 0 Å². The average Bonchev–Trinajstić information content (AvgIpc) is 3.16. The summed E-state index contributed by atoms with van der Waals surface area (Å²) in [7, 11) is 0. The quantitative estimate of drug-likeness (QED) is 0.753. The predicted octanol–water partition coefficient (Wildman–Crippen LogP) is 3.09. The van der Waals surface area contributed by atoms with E-state index >= 15 is 0 Å². The van der Waals surface area contributed by atoms with Crippen LogP contribution in [0, 0.1) is 11.7 Å². The zero-order valence-electron chi connectivity index (χ0n) is 14.7. The Morgan fingerprint density at radius 1 is 1.35 bits per heavy atom. The van der Waals surface area contributed by atoms with E-state index in [9.17, 15) is 9.18 Å². The Bertz CT molecular complexity index is 694. The van der Waals surface area contributed by atoms with Crippen molar-refractivity contribution < 1.29 is 9.18 Å². The molecule has 1 aromatic heterocycles. The molecule has 26 heavy (non-hydrogen) atoms. The Morgan fingerprint density at radius 2 is 2.15 bits per heavy atom. The summed E-state index contributed by atoms with van der Waals surface area (Å²) in [4.78, 5) is 18.5. The van der Waals surface area contributed by atoms with Gasteiger partial charge in [-0.2, -0.15) is 0 Å². The van der Waals surface area contributed by atoms with Gasteiger partial charge in [0, 0.05) is 48.5 Å². The fraction of sp³-hybridized carbons (Fsp3) is 0.474. The molecule has 7 heteroatoms. The van der Waals surface area contributed by atoms with Gasteiger partial charge < -0.3 is 9.88 Å². The van der Waals surface area contributed by atoms with E-state index in [4.69, 9.17) is 11.6 Å². The molecule has 2 heterocycles. The minimum Gasteiger partial charge on any atom is -0.356 e. The molecule has 0 aliphatic carbocycles. The number of rotatable bonds is 7. The maximum atomic E-state index is 13.9. The van der Waals surface area contributed by atoms with Crippen molar-refractivity contribution in [3.05, 3.63) is 53.3 Å². The van der Waals surface area contributed by atoms with Crippen LogP contribution in [0.2, 0.25) is 5.02 Å². The number of amides is 1. The lowest BCUT2D eigenvalue weighted by Gasteiger charge is -2.31. The monoisotopic (exact) mass is 378 g/mol. The van der Waals surface area contributed by atoms with E-state index in [0.29, 0.717) is 23.7 Å². The van der Waals surface area contributed by atoms with Gasteiger partial charge in [-0.25, -0.2) is 9.37 Å². The molecule has 5 nitrogen and oxygen atoms in total. The van der Waals surface area contributed by atoms with E-state index in [0.717, 1.165) is 38.9 Å². The number of nitrogens with zero attached hydrogens (tertiary/aromatic N) is 3. The number of carbonyl (C=O) groups excluding carboxylic acids is 1. The van der Waals surface area contributed by atoms with Gasteiger partial charge in [0.2, 0.25) is 5.91 Å². The van der Waals surface area contributed by atoms with Gasteiger partial charge in [0.05, 0.1) is 6.33 Å². The summed E-state index contributed by atoms with van der Waals surface area (Å²) >= 11 is 6.10. The third kappa shape index (κ3) is 5.05. The third-order valence-corrected chi connectivity index (χ3v) is 5.21. The number of halogens is 2. The van der Waals surface area contributed by atoms with Crippen LogP contribution in [0.25, 0.3) is 0 Å². The number of hydrogen-bond acceptors (Lipinski definition) is 3. The second-order valence-corrected chi connectivity index (χ2v) is 7.10. The molecule has 1 saturated heterocycles. The third-order valence-electron chi connectivity index (χ3n) is 4.85. The van der Waals surface area contributed by atoms with Gasteiger partial charge in [0.15, 0.2) is 0 Å². The molecule has 1 amide bonds. The molecular weight excluding hydrogens is 355 g/mol. The van der Waals surface area contributed by atoms with E-state index in [-0.39, 0.29) is 17.6 Å². The topological polar surface area (TPSA) is 50.2 Å². The maximum Gasteiger partial charge on any atom is 0.223 e. The van der Waals surface area contributed by atoms with E-state index in [2.05, 4.69) is 15.2 Å². The van der Waals surface area contributed by atoms with Gasteiger partial charge >= 0.3 is 0 Å². The van der Waals surface area contributed by atoms with Crippen LogP contribution in [0.15, 0.2) is 36.9 Å². The second kappa shape index (κ2) is 9.14. The summed E-state index contributed by atoms with van der Waals surface area (Å²) in [5, 5.41) is 3.49. The van der Waals surface area contributed by atoms with Crippen LogP contribution in [-0.2, 0) is 17.9 Å². The number of piperidine rings is 1. The molecule has 3 rings (SSSR count). The first-order valence-corrected chi connectivity index (χ1v) is 9.40. The summed E-state index contributed by atoms with van der Waals surface area (Å²) in [5.41, 5.74) is 0.538. The van der Waals surface area contributed by atoms with Crippen LogP contribution in [0.1, 0.15) is 24.8 Å². The lowest BCUT2D eigenvalue weighted by atomic mass is 9.95. The first-order chi connectivity index (χ1) is 12.6. The largest absolute Gasteiger partial charge is 0.356 e. The normalized spacial score (nSPS) is 15.9. The van der Waals surface area contributed by atoms with Crippen molar-refractivity contribution in [1.82, 2.24) is 19.8 Å². The molecular formula is C19H24ClFN4O. The standard InChI is InChI=1S/C19H24ClFN4O/c20-17-3-1-4-18(21)16(17)13-24-10-5-15(6-11-24)19(26)23-7-2-9-25-12-8-22-14-25/h1,3-4,8,12,14-15H,2,5-7,9-11,13H2,(H,23,26). The molecule has 1 N–H and O–H groups in total. The zero-order chi connectivity index (χ0) is 18.4. The van der Waals surface area contributed by atoms with E-state index in [1.54, 1.807) is 24.7 Å². The highest BCUT2D eigenvalue weighted by Crippen LogP contribution is 2.24. The van der Waals surface area contributed by atoms with Crippen molar-refractivity contribution in [3.8, 4) is 0 Å². The Morgan fingerprint density at radius 3 is 2.85 bits per heavy atom. The molecule has 1 aromatic carbocycles. The van der Waals surface area contributed by atoms with Crippen LogP contribution in [0.5, 0.6) is 0 Å². The van der Waals surface area contributed by atoms with Crippen molar-refractivity contribution in [2.75, 3.05) is 19.6 Å². The zero-order valence-corrected chi connectivity index (χ0v) is 15.5. The molecule has 0 spiro atoms. The Balaban J connectivity index is 1.38. The van der Waals surface area contributed by atoms with Gasteiger partial charge in [-0.1, -0.05) is 17.7 Å². The number of nitrogens with one attached hydrogen (secondary N) is 1. The molecule has 1 aliphatic rings. The summed E-state index contributed by atoms with van der Waals surface area (Å²) in [5.74, 6) is -0.106. The molecule has 0 saturated carbocycles. The highest BCUT2D eigenvalue weighted by Gasteiger charge is 2.25. The van der Waals surface area contributed by atoms with Crippen LogP contribution < -0.4 is 5.32 Å². The summed E-state index contributed by atoms with van der Waals surface area (Å²) in [6, 6.07) is 4.76. The SMILES string of the molecule is O=C(NCCCn1ccnc1)C1CCN(Cc2c(F)cccc2Cl)CC1. The van der Waals surface area contributed by atoms with E-state index in [1.165, 1.54) is 6.07 Å². The van der Waals surface area contributed by atoms with Crippen molar-refractivity contribution in [3.63, 3.8) is 0 Å². The second-order valence-electron chi connectivity index (χ2n) is 6.70. The van der Waals surface area contributed by atoms with Crippen molar-refractivity contribution in [2.24, 2.45) is 5.92 Å². The molecule has 1 aliphatic heterocycles. The molecule has 140 valence electrons. The minimum atomic E-state index is -0.268. The van der Waals surface area contributed by atoms with Gasteiger partial charge in [-0.15, -0.1) is 0 Å². The maximum absolute atomic E-state index is 13.9. The van der Waals surface area contributed by atoms with Gasteiger partial charge in [-0.3, -0.25) is 9.69 Å². The average molecular weight is 379 g/mol. The molecule has 0 atom stereocenters. The van der Waals surface area contributed by atoms with Crippen LogP contribution in [0.4, 0.5) is 4.39 Å². The lowest BCUT2D eigenvalue weighted by Crippen LogP contribution is -2.40. The number of carbonyl (C=O) groups is 1. The molecule has 0 bridgehead atoms. The van der Waals surface area contributed by atoms with Gasteiger partial charge in [0.1, 0.15) is 5.82 Å². The minimum absolute atomic E-state index is 0.0376. The molecule has 0 unspecified atom stereocenters. The highest BCUT2D eigenvalue weighted by atomic mass is 35.5. The number of benzene rings is 1. The highest BCUT2D eigenvalue weighted by molar-refractivity contribution is 6.31. The Labute approximate surface area is 158 Å². The molecule has 2 aromatic rings. The van der Waals surface area contributed by atoms with Crippen LogP contribution in [-0.4, -0.2) is 40.0 Å². The van der Waals surface area contributed by atoms with E-state index in [1.807, 2.05) is 10.8 Å². The van der Waals surface area contributed by atoms with Crippen LogP contribution >= 0.6 is 11.6 Å². The van der Waals surface area contributed by atoms with Crippen molar-refractivity contribution in [1.29, 1.82) is 0 Å². The fourth-order valence-electron chi connectivity index (χ4n) is 3.30. The first kappa shape index (κ1) is 18.9. The number of imidazole rings is 1. The number of likely N-dealkylation sites (tertiary alicyclic amines) is 1. The Kier molecular flexibility index (Phi) is 6.63.